The Hall–Kier alpha value is -0.240. The van der Waals surface area contributed by atoms with Crippen molar-refractivity contribution in [1.29, 1.82) is 0 Å². The number of ether oxygens (including phenoxy) is 6. The molecule has 0 bridgehead atoms. The normalized spacial score (nSPS) is 42.3. The molecular weight excluding hydrogens is 348 g/mol. The Morgan fingerprint density at radius 3 is 2.00 bits per heavy atom. The van der Waals surface area contributed by atoms with Gasteiger partial charge in [0.2, 0.25) is 0 Å². The lowest BCUT2D eigenvalue weighted by Gasteiger charge is -2.37. The van der Waals surface area contributed by atoms with E-state index in [4.69, 9.17) is 28.4 Å². The molecule has 3 saturated heterocycles. The van der Waals surface area contributed by atoms with Crippen molar-refractivity contribution in [3.05, 3.63) is 0 Å². The summed E-state index contributed by atoms with van der Waals surface area (Å²) < 4.78 is 38.3. The zero-order valence-corrected chi connectivity index (χ0v) is 16.5. The molecule has 0 amide bonds. The first-order valence-corrected chi connectivity index (χ1v) is 11.2. The molecule has 6 nitrogen and oxygen atoms in total. The van der Waals surface area contributed by atoms with Crippen LogP contribution in [0.1, 0.15) is 77.6 Å². The number of rotatable bonds is 4. The predicted molar refractivity (Wildman–Crippen MR) is 97.1 cm³/mol. The van der Waals surface area contributed by atoms with Crippen LogP contribution in [0, 0.1) is 0 Å². The molecule has 3 heterocycles. The van der Waals surface area contributed by atoms with Gasteiger partial charge in [-0.3, -0.25) is 0 Å². The molecule has 5 fully saturated rings. The fourth-order valence-corrected chi connectivity index (χ4v) is 5.52. The molecule has 6 heteroatoms. The average Bonchev–Trinajstić information content (AvgIpc) is 3.21. The first kappa shape index (κ1) is 18.8. The van der Waals surface area contributed by atoms with Gasteiger partial charge in [0, 0.05) is 32.3 Å². The van der Waals surface area contributed by atoms with E-state index >= 15 is 0 Å². The second-order valence-electron chi connectivity index (χ2n) is 8.93. The SMILES string of the molecule is CCCOCC1O[C@@H]2OC3(CCCCC3)O[C@@H]2[C@H]2OC3(CCCCC3)O[C@@H]12. The molecule has 0 N–H and O–H groups in total. The topological polar surface area (TPSA) is 55.4 Å². The van der Waals surface area contributed by atoms with Gasteiger partial charge in [-0.25, -0.2) is 0 Å². The van der Waals surface area contributed by atoms with Crippen molar-refractivity contribution in [2.24, 2.45) is 0 Å². The third kappa shape index (κ3) is 3.47. The molecule has 2 saturated carbocycles. The Balaban J connectivity index is 1.36. The highest BCUT2D eigenvalue weighted by Crippen LogP contribution is 2.50. The molecule has 5 rings (SSSR count). The highest BCUT2D eigenvalue weighted by atomic mass is 16.9. The summed E-state index contributed by atoms with van der Waals surface area (Å²) in [6.45, 7) is 3.38. The van der Waals surface area contributed by atoms with Crippen molar-refractivity contribution in [1.82, 2.24) is 0 Å². The summed E-state index contributed by atoms with van der Waals surface area (Å²) in [6, 6.07) is 0. The predicted octanol–water partition coefficient (Wildman–Crippen LogP) is 3.66. The molecule has 0 aromatic rings. The average molecular weight is 382 g/mol. The molecule has 3 aliphatic heterocycles. The molecular formula is C21H34O6. The van der Waals surface area contributed by atoms with Crippen LogP contribution in [0.15, 0.2) is 0 Å². The maximum atomic E-state index is 6.62. The first-order chi connectivity index (χ1) is 13.2. The molecule has 2 aliphatic carbocycles. The Labute approximate surface area is 162 Å². The minimum atomic E-state index is -0.483. The van der Waals surface area contributed by atoms with E-state index in [0.29, 0.717) is 6.61 Å². The van der Waals surface area contributed by atoms with Crippen LogP contribution in [0.3, 0.4) is 0 Å². The second-order valence-corrected chi connectivity index (χ2v) is 8.93. The summed E-state index contributed by atoms with van der Waals surface area (Å²) in [5.74, 6) is -0.941. The summed E-state index contributed by atoms with van der Waals surface area (Å²) >= 11 is 0. The molecule has 0 aromatic carbocycles. The molecule has 27 heavy (non-hydrogen) atoms. The number of fused-ring (bicyclic) bond motifs is 3. The molecule has 5 atom stereocenters. The van der Waals surface area contributed by atoms with Gasteiger partial charge < -0.3 is 28.4 Å². The Kier molecular flexibility index (Phi) is 5.24. The fourth-order valence-electron chi connectivity index (χ4n) is 5.52. The van der Waals surface area contributed by atoms with Gasteiger partial charge in [0.15, 0.2) is 17.9 Å². The monoisotopic (exact) mass is 382 g/mol. The lowest BCUT2D eigenvalue weighted by Crippen LogP contribution is -2.56. The van der Waals surface area contributed by atoms with Crippen LogP contribution in [0.4, 0.5) is 0 Å². The van der Waals surface area contributed by atoms with Crippen molar-refractivity contribution >= 4 is 0 Å². The van der Waals surface area contributed by atoms with Crippen molar-refractivity contribution in [3.63, 3.8) is 0 Å². The minimum Gasteiger partial charge on any atom is -0.379 e. The third-order valence-corrected chi connectivity index (χ3v) is 6.84. The van der Waals surface area contributed by atoms with Crippen LogP contribution in [-0.4, -0.2) is 55.5 Å². The van der Waals surface area contributed by atoms with Crippen LogP contribution < -0.4 is 0 Å². The Morgan fingerprint density at radius 1 is 0.741 bits per heavy atom. The molecule has 154 valence electrons. The van der Waals surface area contributed by atoms with E-state index in [1.165, 1.54) is 12.8 Å². The Morgan fingerprint density at radius 2 is 1.33 bits per heavy atom. The van der Waals surface area contributed by atoms with Crippen molar-refractivity contribution in [2.75, 3.05) is 13.2 Å². The van der Waals surface area contributed by atoms with Gasteiger partial charge >= 0.3 is 0 Å². The summed E-state index contributed by atoms with van der Waals surface area (Å²) in [5, 5.41) is 0. The van der Waals surface area contributed by atoms with E-state index in [1.54, 1.807) is 0 Å². The maximum absolute atomic E-state index is 6.62. The standard InChI is InChI=1S/C21H34O6/c1-2-13-22-14-15-16-17(25-20(24-16)9-5-3-6-10-20)18-19(23-15)27-21(26-18)11-7-4-8-12-21/h15-19H,2-14H2,1H3/t15?,16-,17-,18+,19+/m0/s1. The third-order valence-electron chi connectivity index (χ3n) is 6.84. The van der Waals surface area contributed by atoms with E-state index in [0.717, 1.165) is 64.4 Å². The summed E-state index contributed by atoms with van der Waals surface area (Å²) in [6.07, 6.45) is 11.0. The maximum Gasteiger partial charge on any atom is 0.190 e. The lowest BCUT2D eigenvalue weighted by atomic mass is 9.94. The smallest absolute Gasteiger partial charge is 0.190 e. The van der Waals surface area contributed by atoms with E-state index in [2.05, 4.69) is 6.92 Å². The van der Waals surface area contributed by atoms with E-state index in [-0.39, 0.29) is 30.7 Å². The van der Waals surface area contributed by atoms with Crippen LogP contribution in [-0.2, 0) is 28.4 Å². The van der Waals surface area contributed by atoms with Crippen LogP contribution in [0.5, 0.6) is 0 Å². The first-order valence-electron chi connectivity index (χ1n) is 11.2. The summed E-state index contributed by atoms with van der Waals surface area (Å²) in [7, 11) is 0. The fraction of sp³-hybridized carbons (Fsp3) is 1.00. The van der Waals surface area contributed by atoms with Gasteiger partial charge in [-0.15, -0.1) is 0 Å². The molecule has 5 aliphatic rings. The van der Waals surface area contributed by atoms with Crippen molar-refractivity contribution in [3.8, 4) is 0 Å². The van der Waals surface area contributed by atoms with Gasteiger partial charge in [0.25, 0.3) is 0 Å². The van der Waals surface area contributed by atoms with Gasteiger partial charge in [-0.1, -0.05) is 19.8 Å². The van der Waals surface area contributed by atoms with E-state index in [9.17, 15) is 0 Å². The molecule has 0 aromatic heterocycles. The molecule has 1 unspecified atom stereocenters. The van der Waals surface area contributed by atoms with Gasteiger partial charge in [-0.2, -0.15) is 0 Å². The summed E-state index contributed by atoms with van der Waals surface area (Å²) in [4.78, 5) is 0. The van der Waals surface area contributed by atoms with Gasteiger partial charge in [-0.05, 0) is 32.1 Å². The van der Waals surface area contributed by atoms with Gasteiger partial charge in [0.05, 0.1) is 6.61 Å². The highest BCUT2D eigenvalue weighted by molar-refractivity contribution is 5.03. The van der Waals surface area contributed by atoms with Crippen molar-refractivity contribution < 1.29 is 28.4 Å². The summed E-state index contributed by atoms with van der Waals surface area (Å²) in [5.41, 5.74) is 0. The van der Waals surface area contributed by atoms with Crippen LogP contribution in [0.25, 0.3) is 0 Å². The Bertz CT molecular complexity index is 513. The van der Waals surface area contributed by atoms with Crippen LogP contribution >= 0.6 is 0 Å². The minimum absolute atomic E-state index is 0.127. The quantitative estimate of drug-likeness (QED) is 0.692. The molecule has 2 spiro atoms. The molecule has 0 radical (unpaired) electrons. The van der Waals surface area contributed by atoms with Gasteiger partial charge in [0.1, 0.15) is 24.4 Å². The van der Waals surface area contributed by atoms with E-state index < -0.39 is 11.6 Å². The highest BCUT2D eigenvalue weighted by Gasteiger charge is 2.63. The van der Waals surface area contributed by atoms with E-state index in [1.807, 2.05) is 0 Å². The number of hydrogen-bond acceptors (Lipinski definition) is 6. The second kappa shape index (κ2) is 7.54. The zero-order chi connectivity index (χ0) is 18.3. The lowest BCUT2D eigenvalue weighted by molar-refractivity contribution is -0.256. The zero-order valence-electron chi connectivity index (χ0n) is 16.5. The van der Waals surface area contributed by atoms with Crippen molar-refractivity contribution in [2.45, 2.75) is 120 Å². The number of hydrogen-bond donors (Lipinski definition) is 0. The largest absolute Gasteiger partial charge is 0.379 e. The van der Waals surface area contributed by atoms with Crippen LogP contribution in [0.2, 0.25) is 0 Å².